The molecule has 0 aliphatic heterocycles. The third-order valence-corrected chi connectivity index (χ3v) is 6.72. The minimum absolute atomic E-state index is 0.190. The molecule has 5 rings (SSSR count). The Kier molecular flexibility index (Phi) is 5.75. The molecule has 0 fully saturated rings. The Morgan fingerprint density at radius 1 is 0.906 bits per heavy atom. The van der Waals surface area contributed by atoms with Crippen LogP contribution in [0.3, 0.4) is 0 Å². The Hall–Kier alpha value is -3.41. The summed E-state index contributed by atoms with van der Waals surface area (Å²) in [6.45, 7) is 1.40. The van der Waals surface area contributed by atoms with Crippen molar-refractivity contribution in [1.82, 2.24) is 9.55 Å². The molecule has 4 nitrogen and oxygen atoms in total. The van der Waals surface area contributed by atoms with Crippen LogP contribution in [0.4, 0.5) is 5.69 Å². The summed E-state index contributed by atoms with van der Waals surface area (Å²) >= 11 is 7.48. The Morgan fingerprint density at radius 2 is 1.66 bits per heavy atom. The molecule has 0 unspecified atom stereocenters. The maximum absolute atomic E-state index is 12.4. The molecular formula is C26H20ClN3OS. The van der Waals surface area contributed by atoms with Crippen molar-refractivity contribution in [3.05, 3.63) is 118 Å². The van der Waals surface area contributed by atoms with E-state index >= 15 is 0 Å². The van der Waals surface area contributed by atoms with Crippen molar-refractivity contribution in [1.29, 1.82) is 0 Å². The average Bonchev–Trinajstić information content (AvgIpc) is 3.29. The minimum Gasteiger partial charge on any atom is -0.381 e. The van der Waals surface area contributed by atoms with Gasteiger partial charge < -0.3 is 9.88 Å². The molecule has 6 heteroatoms. The van der Waals surface area contributed by atoms with Crippen molar-refractivity contribution in [2.75, 3.05) is 5.32 Å². The van der Waals surface area contributed by atoms with Gasteiger partial charge in [-0.25, -0.2) is 0 Å². The fourth-order valence-corrected chi connectivity index (χ4v) is 4.79. The Morgan fingerprint density at radius 3 is 2.41 bits per heavy atom. The molecule has 0 spiro atoms. The number of hydrogen-bond acceptors (Lipinski definition) is 4. The fourth-order valence-electron chi connectivity index (χ4n) is 3.60. The predicted molar refractivity (Wildman–Crippen MR) is 134 cm³/mol. The summed E-state index contributed by atoms with van der Waals surface area (Å²) in [5, 5.41) is 4.15. The lowest BCUT2D eigenvalue weighted by Gasteiger charge is -2.08. The van der Waals surface area contributed by atoms with Crippen LogP contribution in [0.5, 0.6) is 0 Å². The van der Waals surface area contributed by atoms with Gasteiger partial charge in [0.2, 0.25) is 0 Å². The van der Waals surface area contributed by atoms with E-state index in [1.807, 2.05) is 47.0 Å². The van der Waals surface area contributed by atoms with Crippen molar-refractivity contribution >= 4 is 38.8 Å². The molecule has 0 atom stereocenters. The number of nitrogens with zero attached hydrogens (tertiary/aromatic N) is 2. The van der Waals surface area contributed by atoms with E-state index in [0.29, 0.717) is 16.3 Å². The number of halogens is 1. The molecule has 0 radical (unpaired) electrons. The van der Waals surface area contributed by atoms with Gasteiger partial charge >= 0.3 is 0 Å². The van der Waals surface area contributed by atoms with E-state index in [-0.39, 0.29) is 5.56 Å². The molecular weight excluding hydrogens is 438 g/mol. The van der Waals surface area contributed by atoms with Crippen LogP contribution >= 0.6 is 22.9 Å². The van der Waals surface area contributed by atoms with Gasteiger partial charge in [-0.1, -0.05) is 66.2 Å². The first-order chi connectivity index (χ1) is 15.7. The van der Waals surface area contributed by atoms with Gasteiger partial charge in [-0.2, -0.15) is 4.98 Å². The lowest BCUT2D eigenvalue weighted by atomic mass is 10.1. The molecule has 2 aromatic heterocycles. The van der Waals surface area contributed by atoms with Crippen molar-refractivity contribution in [2.24, 2.45) is 0 Å². The summed E-state index contributed by atoms with van der Waals surface area (Å²) in [7, 11) is 0. The van der Waals surface area contributed by atoms with Crippen molar-refractivity contribution in [3.8, 4) is 10.4 Å². The van der Waals surface area contributed by atoms with Crippen LogP contribution in [-0.4, -0.2) is 9.55 Å². The SMILES string of the molecule is O=c1ncn(Cc2ccc(Cl)cc2)c2cc(-c3ccc(NCc4ccccc4)cc3)sc12. The molecule has 5 aromatic rings. The van der Waals surface area contributed by atoms with Gasteiger partial charge in [-0.3, -0.25) is 4.79 Å². The van der Waals surface area contributed by atoms with E-state index in [0.717, 1.165) is 33.8 Å². The molecule has 0 aliphatic carbocycles. The molecule has 3 aromatic carbocycles. The number of hydrogen-bond donors (Lipinski definition) is 1. The highest BCUT2D eigenvalue weighted by molar-refractivity contribution is 7.22. The zero-order valence-electron chi connectivity index (χ0n) is 17.2. The number of anilines is 1. The highest BCUT2D eigenvalue weighted by atomic mass is 35.5. The second kappa shape index (κ2) is 8.99. The van der Waals surface area contributed by atoms with Gasteiger partial charge in [0.1, 0.15) is 4.70 Å². The number of nitrogens with one attached hydrogen (secondary N) is 1. The van der Waals surface area contributed by atoms with Crippen LogP contribution in [0.2, 0.25) is 5.02 Å². The molecule has 0 aliphatic rings. The standard InChI is InChI=1S/C26H20ClN3OS/c27-21-10-6-19(7-11-21)16-30-17-29-26(31)25-23(30)14-24(32-25)20-8-12-22(13-9-20)28-15-18-4-2-1-3-5-18/h1-14,17,28H,15-16H2. The lowest BCUT2D eigenvalue weighted by Crippen LogP contribution is -2.11. The maximum Gasteiger partial charge on any atom is 0.290 e. The molecule has 0 saturated carbocycles. The Bertz CT molecular complexity index is 1410. The monoisotopic (exact) mass is 457 g/mol. The number of rotatable bonds is 6. The van der Waals surface area contributed by atoms with E-state index < -0.39 is 0 Å². The highest BCUT2D eigenvalue weighted by Gasteiger charge is 2.11. The number of thiophene rings is 1. The van der Waals surface area contributed by atoms with E-state index in [2.05, 4.69) is 52.8 Å². The smallest absolute Gasteiger partial charge is 0.290 e. The first kappa shape index (κ1) is 20.5. The fraction of sp³-hybridized carbons (Fsp3) is 0.0769. The number of aromatic nitrogens is 2. The Labute approximate surface area is 194 Å². The summed E-state index contributed by atoms with van der Waals surface area (Å²) in [6, 6.07) is 28.4. The Balaban J connectivity index is 1.40. The first-order valence-electron chi connectivity index (χ1n) is 10.3. The molecule has 0 bridgehead atoms. The van der Waals surface area contributed by atoms with E-state index in [1.165, 1.54) is 16.9 Å². The zero-order chi connectivity index (χ0) is 21.9. The minimum atomic E-state index is -0.190. The first-order valence-corrected chi connectivity index (χ1v) is 11.5. The summed E-state index contributed by atoms with van der Waals surface area (Å²) in [5.41, 5.74) is 5.18. The van der Waals surface area contributed by atoms with Gasteiger partial charge in [0, 0.05) is 28.7 Å². The van der Waals surface area contributed by atoms with Gasteiger partial charge in [0.25, 0.3) is 5.56 Å². The molecule has 158 valence electrons. The summed E-state index contributed by atoms with van der Waals surface area (Å²) in [5.74, 6) is 0. The number of benzene rings is 3. The molecule has 1 N–H and O–H groups in total. The van der Waals surface area contributed by atoms with Crippen LogP contribution in [0.1, 0.15) is 11.1 Å². The third kappa shape index (κ3) is 4.44. The number of fused-ring (bicyclic) bond motifs is 1. The van der Waals surface area contributed by atoms with Crippen LogP contribution in [-0.2, 0) is 13.1 Å². The normalized spacial score (nSPS) is 11.0. The van der Waals surface area contributed by atoms with Crippen LogP contribution in [0.25, 0.3) is 20.7 Å². The van der Waals surface area contributed by atoms with Gasteiger partial charge in [0.05, 0.1) is 11.8 Å². The topological polar surface area (TPSA) is 46.9 Å². The van der Waals surface area contributed by atoms with E-state index in [4.69, 9.17) is 11.6 Å². The van der Waals surface area contributed by atoms with Gasteiger partial charge in [-0.15, -0.1) is 11.3 Å². The molecule has 32 heavy (non-hydrogen) atoms. The largest absolute Gasteiger partial charge is 0.381 e. The van der Waals surface area contributed by atoms with Crippen LogP contribution < -0.4 is 10.9 Å². The van der Waals surface area contributed by atoms with E-state index in [9.17, 15) is 4.79 Å². The molecule has 0 saturated heterocycles. The van der Waals surface area contributed by atoms with Crippen molar-refractivity contribution < 1.29 is 0 Å². The second-order valence-electron chi connectivity index (χ2n) is 7.55. The second-order valence-corrected chi connectivity index (χ2v) is 9.03. The highest BCUT2D eigenvalue weighted by Crippen LogP contribution is 2.32. The molecule has 0 amide bonds. The molecule has 2 heterocycles. The average molecular weight is 458 g/mol. The summed E-state index contributed by atoms with van der Waals surface area (Å²) in [6.07, 6.45) is 1.62. The van der Waals surface area contributed by atoms with Gasteiger partial charge in [-0.05, 0) is 47.0 Å². The van der Waals surface area contributed by atoms with Crippen LogP contribution in [0, 0.1) is 0 Å². The maximum atomic E-state index is 12.4. The van der Waals surface area contributed by atoms with Gasteiger partial charge in [0.15, 0.2) is 0 Å². The summed E-state index contributed by atoms with van der Waals surface area (Å²) < 4.78 is 2.68. The quantitative estimate of drug-likeness (QED) is 0.319. The third-order valence-electron chi connectivity index (χ3n) is 5.31. The zero-order valence-corrected chi connectivity index (χ0v) is 18.7. The van der Waals surface area contributed by atoms with Crippen LogP contribution in [0.15, 0.2) is 96.1 Å². The van der Waals surface area contributed by atoms with E-state index in [1.54, 1.807) is 6.33 Å². The predicted octanol–water partition coefficient (Wildman–Crippen LogP) is 6.44. The summed E-state index contributed by atoms with van der Waals surface area (Å²) in [4.78, 5) is 17.5. The lowest BCUT2D eigenvalue weighted by molar-refractivity contribution is 0.800. The van der Waals surface area contributed by atoms with Crippen molar-refractivity contribution in [3.63, 3.8) is 0 Å². The van der Waals surface area contributed by atoms with Crippen molar-refractivity contribution in [2.45, 2.75) is 13.1 Å².